The molecule has 0 spiro atoms. The number of phosphoric ester groups is 1. The number of amides is 1. The first kappa shape index (κ1) is 63.9. The summed E-state index contributed by atoms with van der Waals surface area (Å²) < 4.78 is 23.3. The second-order valence-corrected chi connectivity index (χ2v) is 20.9. The summed E-state index contributed by atoms with van der Waals surface area (Å²) in [7, 11) is 1.21. The minimum absolute atomic E-state index is 0.0158. The van der Waals surface area contributed by atoms with Crippen LogP contribution in [-0.2, 0) is 18.4 Å². The fourth-order valence-corrected chi connectivity index (χ4v) is 8.33. The number of rotatable bonds is 49. The molecule has 0 aliphatic carbocycles. The molecule has 3 unspecified atom stereocenters. The molecule has 0 rings (SSSR count). The third-order valence-electron chi connectivity index (χ3n) is 11.9. The van der Waals surface area contributed by atoms with E-state index in [4.69, 9.17) is 9.05 Å². The number of carbonyl (C=O) groups is 1. The molecule has 0 aromatic carbocycles. The summed E-state index contributed by atoms with van der Waals surface area (Å²) in [5, 5.41) is 13.8. The molecule has 66 heavy (non-hydrogen) atoms. The summed E-state index contributed by atoms with van der Waals surface area (Å²) >= 11 is 0. The molecule has 3 atom stereocenters. The summed E-state index contributed by atoms with van der Waals surface area (Å²) in [5.41, 5.74) is 0. The highest BCUT2D eigenvalue weighted by atomic mass is 31.2. The van der Waals surface area contributed by atoms with Crippen LogP contribution in [0.15, 0.2) is 72.9 Å². The molecule has 2 N–H and O–H groups in total. The number of nitrogens with one attached hydrogen (secondary N) is 1. The number of hydrogen-bond donors (Lipinski definition) is 2. The number of aliphatic hydroxyl groups is 1. The van der Waals surface area contributed by atoms with Gasteiger partial charge in [0.05, 0.1) is 39.9 Å². The van der Waals surface area contributed by atoms with Crippen molar-refractivity contribution in [3.63, 3.8) is 0 Å². The molecule has 0 fully saturated rings. The molecule has 0 aromatic rings. The normalized spacial score (nSPS) is 14.6. The molecule has 0 bridgehead atoms. The van der Waals surface area contributed by atoms with Crippen molar-refractivity contribution < 1.29 is 32.9 Å². The second-order valence-electron chi connectivity index (χ2n) is 19.5. The fourth-order valence-electron chi connectivity index (χ4n) is 7.61. The van der Waals surface area contributed by atoms with Gasteiger partial charge in [-0.25, -0.2) is 0 Å². The van der Waals surface area contributed by atoms with Crippen molar-refractivity contribution in [2.24, 2.45) is 0 Å². The third-order valence-corrected chi connectivity index (χ3v) is 12.8. The highest BCUT2D eigenvalue weighted by molar-refractivity contribution is 7.45. The molecule has 0 saturated carbocycles. The molecular formula is C57H105N2O6P. The van der Waals surface area contributed by atoms with Crippen LogP contribution in [0.25, 0.3) is 0 Å². The van der Waals surface area contributed by atoms with Gasteiger partial charge in [0.2, 0.25) is 5.91 Å². The Labute approximate surface area is 408 Å². The van der Waals surface area contributed by atoms with E-state index < -0.39 is 26.6 Å². The highest BCUT2D eigenvalue weighted by Crippen LogP contribution is 2.38. The number of quaternary nitrogens is 1. The van der Waals surface area contributed by atoms with Crippen LogP contribution >= 0.6 is 7.82 Å². The maximum Gasteiger partial charge on any atom is 0.268 e. The smallest absolute Gasteiger partial charge is 0.268 e. The Balaban J connectivity index is 4.28. The summed E-state index contributed by atoms with van der Waals surface area (Å²) in [6.45, 7) is 4.50. The van der Waals surface area contributed by atoms with E-state index in [2.05, 4.69) is 79.9 Å². The van der Waals surface area contributed by atoms with E-state index in [-0.39, 0.29) is 12.5 Å². The van der Waals surface area contributed by atoms with Gasteiger partial charge in [0.15, 0.2) is 0 Å². The summed E-state index contributed by atoms with van der Waals surface area (Å²) in [5.74, 6) is -0.230. The number of nitrogens with zero attached hydrogens (tertiary/aromatic N) is 1. The highest BCUT2D eigenvalue weighted by Gasteiger charge is 2.23. The number of aliphatic hydroxyl groups excluding tert-OH is 1. The molecule has 0 radical (unpaired) electrons. The first-order chi connectivity index (χ1) is 32.0. The Morgan fingerprint density at radius 1 is 0.545 bits per heavy atom. The summed E-state index contributed by atoms with van der Waals surface area (Å²) in [6, 6.07) is -0.923. The van der Waals surface area contributed by atoms with Crippen LogP contribution in [0.3, 0.4) is 0 Å². The number of phosphoric acid groups is 1. The lowest BCUT2D eigenvalue weighted by Crippen LogP contribution is -2.45. The molecule has 0 aromatic heterocycles. The molecule has 9 heteroatoms. The minimum Gasteiger partial charge on any atom is -0.756 e. The van der Waals surface area contributed by atoms with Crippen LogP contribution in [0.4, 0.5) is 0 Å². The minimum atomic E-state index is -4.61. The van der Waals surface area contributed by atoms with Crippen molar-refractivity contribution in [3.05, 3.63) is 72.9 Å². The maximum absolute atomic E-state index is 12.9. The van der Waals surface area contributed by atoms with Crippen LogP contribution in [0, 0.1) is 0 Å². The van der Waals surface area contributed by atoms with E-state index in [1.165, 1.54) is 128 Å². The SMILES string of the molecule is CC/C=C\C/C=C\C/C=C\CCCCCCCC(=O)NC(COP(=O)([O-])OCC[N+](C)(C)C)C(O)/C=C/CC/C=C/CC/C=C/CCCCCCCCCCCCCCCCCCCCC. The standard InChI is InChI=1S/C57H105N2O6P/c1-6-8-10-12-14-16-18-20-22-23-24-25-26-27-28-29-30-31-32-33-34-35-37-38-40-42-44-46-48-50-56(60)55(54-65-66(62,63)64-53-52-59(3,4)5)58-57(61)51-49-47-45-43-41-39-36-21-19-17-15-13-11-9-7-2/h9,11,15,17,21,34-36,40,42,48,50,55-56,60H,6-8,10,12-14,16,18-20,22-33,37-39,41,43-47,49,51-54H2,1-5H3,(H-,58,61,62,63)/b11-9-,17-15-,35-34+,36-21-,42-40+,50-48+. The van der Waals surface area contributed by atoms with Crippen molar-refractivity contribution in [2.45, 2.75) is 244 Å². The van der Waals surface area contributed by atoms with Gasteiger partial charge in [-0.05, 0) is 77.0 Å². The zero-order valence-corrected chi connectivity index (χ0v) is 44.5. The quantitative estimate of drug-likeness (QED) is 0.0272. The first-order valence-electron chi connectivity index (χ1n) is 27.3. The second kappa shape index (κ2) is 48.0. The van der Waals surface area contributed by atoms with Gasteiger partial charge in [0.25, 0.3) is 7.82 Å². The zero-order chi connectivity index (χ0) is 48.5. The fraction of sp³-hybridized carbons (Fsp3) is 0.772. The lowest BCUT2D eigenvalue weighted by Gasteiger charge is -2.29. The molecule has 0 heterocycles. The van der Waals surface area contributed by atoms with Gasteiger partial charge in [-0.3, -0.25) is 9.36 Å². The number of allylic oxidation sites excluding steroid dienone is 11. The van der Waals surface area contributed by atoms with Gasteiger partial charge in [-0.1, -0.05) is 222 Å². The Morgan fingerprint density at radius 3 is 1.41 bits per heavy atom. The van der Waals surface area contributed by atoms with Crippen LogP contribution in [0.5, 0.6) is 0 Å². The third kappa shape index (κ3) is 49.8. The molecule has 384 valence electrons. The van der Waals surface area contributed by atoms with E-state index in [0.717, 1.165) is 83.5 Å². The average molecular weight is 945 g/mol. The average Bonchev–Trinajstić information content (AvgIpc) is 3.28. The monoisotopic (exact) mass is 945 g/mol. The van der Waals surface area contributed by atoms with E-state index in [1.807, 2.05) is 27.2 Å². The molecular weight excluding hydrogens is 840 g/mol. The number of likely N-dealkylation sites (N-methyl/N-ethyl adjacent to an activating group) is 1. The van der Waals surface area contributed by atoms with E-state index in [9.17, 15) is 19.4 Å². The van der Waals surface area contributed by atoms with Gasteiger partial charge in [-0.2, -0.15) is 0 Å². The Hall–Kier alpha value is -2.06. The van der Waals surface area contributed by atoms with Gasteiger partial charge in [-0.15, -0.1) is 0 Å². The number of unbranched alkanes of at least 4 members (excludes halogenated alkanes) is 26. The van der Waals surface area contributed by atoms with E-state index in [1.54, 1.807) is 6.08 Å². The van der Waals surface area contributed by atoms with Gasteiger partial charge < -0.3 is 28.8 Å². The van der Waals surface area contributed by atoms with Crippen molar-refractivity contribution in [2.75, 3.05) is 40.9 Å². The summed E-state index contributed by atoms with van der Waals surface area (Å²) in [6.07, 6.45) is 65.6. The van der Waals surface area contributed by atoms with Gasteiger partial charge >= 0.3 is 0 Å². The van der Waals surface area contributed by atoms with Crippen LogP contribution in [0.1, 0.15) is 232 Å². The topological polar surface area (TPSA) is 108 Å². The number of hydrogen-bond acceptors (Lipinski definition) is 6. The molecule has 0 aliphatic heterocycles. The van der Waals surface area contributed by atoms with Crippen LogP contribution in [0.2, 0.25) is 0 Å². The lowest BCUT2D eigenvalue weighted by molar-refractivity contribution is -0.870. The predicted octanol–water partition coefficient (Wildman–Crippen LogP) is 15.7. The van der Waals surface area contributed by atoms with E-state index >= 15 is 0 Å². The zero-order valence-electron chi connectivity index (χ0n) is 43.6. The molecule has 1 amide bonds. The van der Waals surface area contributed by atoms with E-state index in [0.29, 0.717) is 17.4 Å². The largest absolute Gasteiger partial charge is 0.756 e. The molecule has 0 aliphatic rings. The van der Waals surface area contributed by atoms with Crippen molar-refractivity contribution in [1.29, 1.82) is 0 Å². The molecule has 0 saturated heterocycles. The Kier molecular flexibility index (Phi) is 46.5. The maximum atomic E-state index is 12.9. The summed E-state index contributed by atoms with van der Waals surface area (Å²) in [4.78, 5) is 25.4. The van der Waals surface area contributed by atoms with Crippen LogP contribution in [-0.4, -0.2) is 68.5 Å². The predicted molar refractivity (Wildman–Crippen MR) is 284 cm³/mol. The van der Waals surface area contributed by atoms with Crippen molar-refractivity contribution >= 4 is 13.7 Å². The van der Waals surface area contributed by atoms with Crippen LogP contribution < -0.4 is 10.2 Å². The van der Waals surface area contributed by atoms with Crippen molar-refractivity contribution in [1.82, 2.24) is 5.32 Å². The Morgan fingerprint density at radius 2 is 0.939 bits per heavy atom. The first-order valence-corrected chi connectivity index (χ1v) is 28.8. The lowest BCUT2D eigenvalue weighted by atomic mass is 10.0. The Bertz CT molecular complexity index is 1300. The van der Waals surface area contributed by atoms with Gasteiger partial charge in [0.1, 0.15) is 13.2 Å². The molecule has 8 nitrogen and oxygen atoms in total. The number of carbonyl (C=O) groups excluding carboxylic acids is 1. The van der Waals surface area contributed by atoms with Gasteiger partial charge in [0, 0.05) is 6.42 Å². The van der Waals surface area contributed by atoms with Crippen molar-refractivity contribution in [3.8, 4) is 0 Å².